The number of anilines is 1. The molecule has 0 unspecified atom stereocenters. The van der Waals surface area contributed by atoms with Gasteiger partial charge in [-0.3, -0.25) is 9.98 Å². The lowest BCUT2D eigenvalue weighted by atomic mass is 10.1. The third kappa shape index (κ3) is 18.3. The SMILES string of the molecule is CNC(=O)NCCCn1c(-c2ccc(OC(F)(F)F)cc2)csc1=NCc1ccc(Cl)cc1.COc1ccc(NC(=O)NCCCn2c(-c3ccc(OC(F)(F)F)cc3)csc2=NCc2ccc(Cl)cc2)cc1. The van der Waals surface area contributed by atoms with Crippen molar-refractivity contribution in [3.05, 3.63) is 163 Å². The molecule has 0 aliphatic rings. The number of carbonyl (C=O) groups is 2. The van der Waals surface area contributed by atoms with Crippen LogP contribution < -0.4 is 45.1 Å². The Labute approximate surface area is 433 Å². The average molecular weight is 1090 g/mol. The minimum atomic E-state index is -4.76. The number of nitrogens with zero attached hydrogens (tertiary/aromatic N) is 4. The van der Waals surface area contributed by atoms with Gasteiger partial charge < -0.3 is 44.6 Å². The second-order valence-corrected chi connectivity index (χ2v) is 18.0. The Kier molecular flexibility index (Phi) is 20.2. The van der Waals surface area contributed by atoms with Gasteiger partial charge in [0, 0.05) is 59.7 Å². The zero-order chi connectivity index (χ0) is 52.4. The van der Waals surface area contributed by atoms with E-state index in [1.807, 2.05) is 44.2 Å². The van der Waals surface area contributed by atoms with E-state index in [4.69, 9.17) is 37.9 Å². The number of aromatic nitrogens is 2. The molecule has 0 radical (unpaired) electrons. The van der Waals surface area contributed by atoms with Crippen LogP contribution in [0.1, 0.15) is 24.0 Å². The Morgan fingerprint density at radius 1 is 0.575 bits per heavy atom. The molecule has 23 heteroatoms. The van der Waals surface area contributed by atoms with Crippen LogP contribution in [0.2, 0.25) is 10.0 Å². The number of amides is 4. The summed E-state index contributed by atoms with van der Waals surface area (Å²) in [5.74, 6) is 0.113. The molecule has 2 aromatic heterocycles. The Balaban J connectivity index is 0.000000243. The van der Waals surface area contributed by atoms with Gasteiger partial charge in [0.05, 0.1) is 31.6 Å². The predicted molar refractivity (Wildman–Crippen MR) is 272 cm³/mol. The van der Waals surface area contributed by atoms with Gasteiger partial charge in [-0.2, -0.15) is 0 Å². The Morgan fingerprint density at radius 3 is 1.36 bits per heavy atom. The van der Waals surface area contributed by atoms with Crippen LogP contribution in [0, 0.1) is 0 Å². The van der Waals surface area contributed by atoms with Crippen molar-refractivity contribution in [2.45, 2.75) is 51.7 Å². The fourth-order valence-electron chi connectivity index (χ4n) is 6.77. The number of alkyl halides is 6. The van der Waals surface area contributed by atoms with Crippen LogP contribution in [-0.4, -0.2) is 61.2 Å². The topological polar surface area (TPSA) is 145 Å². The summed E-state index contributed by atoms with van der Waals surface area (Å²) in [5, 5.41) is 15.9. The minimum Gasteiger partial charge on any atom is -0.497 e. The highest BCUT2D eigenvalue weighted by Crippen LogP contribution is 2.29. The summed E-state index contributed by atoms with van der Waals surface area (Å²) >= 11 is 14.8. The molecule has 4 N–H and O–H groups in total. The van der Waals surface area contributed by atoms with Gasteiger partial charge in [0.2, 0.25) is 0 Å². The van der Waals surface area contributed by atoms with E-state index in [0.29, 0.717) is 79.2 Å². The molecule has 0 saturated heterocycles. The Bertz CT molecular complexity index is 3000. The number of thiazole rings is 2. The maximum absolute atomic E-state index is 12.6. The number of ether oxygens (including phenoxy) is 3. The number of halogens is 8. The molecule has 386 valence electrons. The zero-order valence-corrected chi connectivity index (χ0v) is 42.2. The van der Waals surface area contributed by atoms with Gasteiger partial charge in [0.15, 0.2) is 9.60 Å². The first-order valence-corrected chi connectivity index (χ1v) is 24.7. The number of methoxy groups -OCH3 is 1. The summed E-state index contributed by atoms with van der Waals surface area (Å²) in [6, 6.07) is 32.6. The third-order valence-electron chi connectivity index (χ3n) is 10.2. The molecule has 2 heterocycles. The van der Waals surface area contributed by atoms with Crippen LogP contribution in [0.15, 0.2) is 142 Å². The lowest BCUT2D eigenvalue weighted by Gasteiger charge is -2.12. The molecule has 13 nitrogen and oxygen atoms in total. The highest BCUT2D eigenvalue weighted by Gasteiger charge is 2.32. The molecule has 7 rings (SSSR count). The van der Waals surface area contributed by atoms with Crippen molar-refractivity contribution in [1.29, 1.82) is 0 Å². The molecule has 5 aromatic carbocycles. The number of carbonyl (C=O) groups excluding carboxylic acids is 2. The molecule has 0 bridgehead atoms. The van der Waals surface area contributed by atoms with Crippen molar-refractivity contribution in [2.24, 2.45) is 9.98 Å². The number of hydrogen-bond acceptors (Lipinski definition) is 9. The molecule has 0 aliphatic carbocycles. The fourth-order valence-corrected chi connectivity index (χ4v) is 8.90. The number of hydrogen-bond donors (Lipinski definition) is 4. The Morgan fingerprint density at radius 2 is 0.973 bits per heavy atom. The normalized spacial score (nSPS) is 11.9. The second kappa shape index (κ2) is 26.7. The monoisotopic (exact) mass is 1090 g/mol. The smallest absolute Gasteiger partial charge is 0.497 e. The van der Waals surface area contributed by atoms with Gasteiger partial charge in [-0.05, 0) is 132 Å². The highest BCUT2D eigenvalue weighted by atomic mass is 35.5. The standard InChI is InChI=1S/C28H26ClF3N4O3S.C22H22ClF3N4O2S/c1-38-23-13-9-22(10-14-23)35-26(37)33-15-2-16-36-25(20-5-11-24(12-6-20)39-28(30,31)32)18-40-27(36)34-17-19-3-7-21(29)8-4-19;1-27-20(31)28-11-2-12-30-19(16-5-9-18(10-6-16)32-22(24,25)26)14-33-21(30)29-13-15-3-7-17(23)8-4-15/h3-14,18H,2,15-17H2,1H3,(H2,33,35,37);3-10,14H,2,11-13H2,1H3,(H2,27,28,31). The van der Waals surface area contributed by atoms with Crippen LogP contribution in [0.5, 0.6) is 17.2 Å². The van der Waals surface area contributed by atoms with Crippen molar-refractivity contribution in [3.63, 3.8) is 0 Å². The van der Waals surface area contributed by atoms with E-state index >= 15 is 0 Å². The van der Waals surface area contributed by atoms with Gasteiger partial charge in [-0.15, -0.1) is 49.0 Å². The van der Waals surface area contributed by atoms with E-state index in [9.17, 15) is 35.9 Å². The van der Waals surface area contributed by atoms with Gasteiger partial charge in [-0.25, -0.2) is 9.59 Å². The average Bonchev–Trinajstić information content (AvgIpc) is 3.97. The van der Waals surface area contributed by atoms with Crippen LogP contribution in [-0.2, 0) is 26.2 Å². The zero-order valence-electron chi connectivity index (χ0n) is 39.0. The van der Waals surface area contributed by atoms with E-state index in [1.54, 1.807) is 87.0 Å². The molecule has 0 spiro atoms. The first kappa shape index (κ1) is 55.4. The van der Waals surface area contributed by atoms with Crippen molar-refractivity contribution >= 4 is 63.6 Å². The van der Waals surface area contributed by atoms with Crippen molar-refractivity contribution < 1.29 is 50.1 Å². The first-order chi connectivity index (χ1) is 34.9. The van der Waals surface area contributed by atoms with Gasteiger partial charge in [-0.1, -0.05) is 47.5 Å². The largest absolute Gasteiger partial charge is 0.573 e. The molecular weight excluding hydrogens is 1040 g/mol. The van der Waals surface area contributed by atoms with Crippen LogP contribution in [0.4, 0.5) is 41.6 Å². The summed E-state index contributed by atoms with van der Waals surface area (Å²) in [6.45, 7) is 2.80. The van der Waals surface area contributed by atoms with E-state index < -0.39 is 12.7 Å². The molecule has 0 atom stereocenters. The maximum Gasteiger partial charge on any atom is 0.573 e. The summed E-state index contributed by atoms with van der Waals surface area (Å²) in [4.78, 5) is 34.7. The van der Waals surface area contributed by atoms with Crippen LogP contribution >= 0.6 is 45.9 Å². The summed E-state index contributed by atoms with van der Waals surface area (Å²) < 4.78 is 92.2. The van der Waals surface area contributed by atoms with Gasteiger partial charge in [0.25, 0.3) is 0 Å². The van der Waals surface area contributed by atoms with Crippen molar-refractivity contribution in [1.82, 2.24) is 25.1 Å². The van der Waals surface area contributed by atoms with Crippen molar-refractivity contribution in [2.75, 3.05) is 32.6 Å². The quantitative estimate of drug-likeness (QED) is 0.0500. The number of nitrogens with one attached hydrogen (secondary N) is 4. The summed E-state index contributed by atoms with van der Waals surface area (Å²) in [5.41, 5.74) is 5.66. The lowest BCUT2D eigenvalue weighted by Crippen LogP contribution is -2.34. The lowest BCUT2D eigenvalue weighted by molar-refractivity contribution is -0.275. The van der Waals surface area contributed by atoms with Gasteiger partial charge >= 0.3 is 24.8 Å². The predicted octanol–water partition coefficient (Wildman–Crippen LogP) is 12.3. The molecule has 7 aromatic rings. The molecule has 0 aliphatic heterocycles. The van der Waals surface area contributed by atoms with Crippen LogP contribution in [0.3, 0.4) is 0 Å². The van der Waals surface area contributed by atoms with E-state index in [1.165, 1.54) is 46.9 Å². The summed E-state index contributed by atoms with van der Waals surface area (Å²) in [7, 11) is 3.11. The maximum atomic E-state index is 12.6. The third-order valence-corrected chi connectivity index (χ3v) is 12.6. The second-order valence-electron chi connectivity index (χ2n) is 15.5. The first-order valence-electron chi connectivity index (χ1n) is 22.2. The van der Waals surface area contributed by atoms with Crippen LogP contribution in [0.25, 0.3) is 22.5 Å². The minimum absolute atomic E-state index is 0.265. The van der Waals surface area contributed by atoms with Gasteiger partial charge in [0.1, 0.15) is 17.2 Å². The Hall–Kier alpha value is -6.94. The highest BCUT2D eigenvalue weighted by molar-refractivity contribution is 7.07. The number of urea groups is 2. The summed E-state index contributed by atoms with van der Waals surface area (Å²) in [6.07, 6.45) is -8.27. The number of benzene rings is 5. The molecule has 73 heavy (non-hydrogen) atoms. The van der Waals surface area contributed by atoms with E-state index in [2.05, 4.69) is 30.7 Å². The van der Waals surface area contributed by atoms with E-state index in [0.717, 1.165) is 37.7 Å². The van der Waals surface area contributed by atoms with Crippen molar-refractivity contribution in [3.8, 4) is 39.8 Å². The molecular formula is C50H48Cl2F6N8O5S2. The number of rotatable bonds is 18. The fraction of sp³-hybridized carbons (Fsp3) is 0.240. The molecule has 0 saturated carbocycles. The molecule has 4 amide bonds. The molecule has 0 fully saturated rings. The van der Waals surface area contributed by atoms with E-state index in [-0.39, 0.29) is 23.6 Å².